The number of carbonyl (C=O) groups excluding carboxylic acids is 1. The van der Waals surface area contributed by atoms with Gasteiger partial charge in [-0.2, -0.15) is 0 Å². The van der Waals surface area contributed by atoms with E-state index in [0.717, 1.165) is 22.5 Å². The predicted octanol–water partition coefficient (Wildman–Crippen LogP) is 1.75. The molecule has 0 aliphatic carbocycles. The summed E-state index contributed by atoms with van der Waals surface area (Å²) in [6.45, 7) is 3.64. The van der Waals surface area contributed by atoms with Gasteiger partial charge in [-0.1, -0.05) is 12.1 Å². The Balaban J connectivity index is 1.84. The van der Waals surface area contributed by atoms with Gasteiger partial charge >= 0.3 is 0 Å². The Morgan fingerprint density at radius 2 is 2.00 bits per heavy atom. The van der Waals surface area contributed by atoms with E-state index in [9.17, 15) is 13.2 Å². The first-order chi connectivity index (χ1) is 10.4. The first kappa shape index (κ1) is 16.5. The molecule has 1 aromatic carbocycles. The van der Waals surface area contributed by atoms with Crippen molar-refractivity contribution in [3.63, 3.8) is 0 Å². The van der Waals surface area contributed by atoms with E-state index < -0.39 is 15.9 Å². The fourth-order valence-corrected chi connectivity index (χ4v) is 3.43. The second-order valence-corrected chi connectivity index (χ2v) is 7.48. The van der Waals surface area contributed by atoms with Gasteiger partial charge in [0, 0.05) is 0 Å². The molecule has 22 heavy (non-hydrogen) atoms. The molecule has 118 valence electrons. The number of hydrogen-bond acceptors (Lipinski definition) is 5. The number of amides is 1. The van der Waals surface area contributed by atoms with E-state index in [2.05, 4.69) is 5.43 Å². The molecule has 1 heterocycles. The number of thiophene rings is 1. The van der Waals surface area contributed by atoms with Crippen molar-refractivity contribution in [3.8, 4) is 5.75 Å². The van der Waals surface area contributed by atoms with Crippen molar-refractivity contribution < 1.29 is 17.9 Å². The van der Waals surface area contributed by atoms with Crippen LogP contribution >= 0.6 is 11.3 Å². The zero-order valence-electron chi connectivity index (χ0n) is 12.1. The molecule has 0 atom stereocenters. The van der Waals surface area contributed by atoms with Gasteiger partial charge in [0.2, 0.25) is 0 Å². The molecule has 0 radical (unpaired) electrons. The second kappa shape index (κ2) is 6.91. The Hall–Kier alpha value is -1.90. The third-order valence-corrected chi connectivity index (χ3v) is 5.58. The molecule has 0 spiro atoms. The van der Waals surface area contributed by atoms with Gasteiger partial charge in [0.1, 0.15) is 9.96 Å². The first-order valence-corrected chi connectivity index (χ1v) is 8.79. The van der Waals surface area contributed by atoms with E-state index in [1.807, 2.05) is 30.8 Å². The number of hydrazine groups is 1. The maximum atomic E-state index is 11.8. The van der Waals surface area contributed by atoms with Crippen molar-refractivity contribution in [1.82, 2.24) is 10.3 Å². The minimum Gasteiger partial charge on any atom is -0.484 e. The fourth-order valence-electron chi connectivity index (χ4n) is 1.58. The lowest BCUT2D eigenvalue weighted by Crippen LogP contribution is -2.43. The van der Waals surface area contributed by atoms with Crippen molar-refractivity contribution in [3.05, 3.63) is 46.8 Å². The van der Waals surface area contributed by atoms with Crippen molar-refractivity contribution >= 4 is 27.3 Å². The number of sulfonamides is 1. The lowest BCUT2D eigenvalue weighted by molar-refractivity contribution is -0.123. The van der Waals surface area contributed by atoms with Crippen LogP contribution in [-0.2, 0) is 14.8 Å². The maximum absolute atomic E-state index is 11.8. The summed E-state index contributed by atoms with van der Waals surface area (Å²) in [6.07, 6.45) is 0. The van der Waals surface area contributed by atoms with Gasteiger partial charge in [-0.25, -0.2) is 8.42 Å². The fraction of sp³-hybridized carbons (Fsp3) is 0.214. The zero-order chi connectivity index (χ0) is 16.2. The third-order valence-electron chi connectivity index (χ3n) is 2.93. The zero-order valence-corrected chi connectivity index (χ0v) is 13.8. The highest BCUT2D eigenvalue weighted by molar-refractivity contribution is 7.91. The van der Waals surface area contributed by atoms with Crippen molar-refractivity contribution in [2.75, 3.05) is 6.61 Å². The van der Waals surface area contributed by atoms with Gasteiger partial charge in [-0.15, -0.1) is 16.2 Å². The molecular weight excluding hydrogens is 324 g/mol. The smallest absolute Gasteiger partial charge is 0.272 e. The van der Waals surface area contributed by atoms with Crippen molar-refractivity contribution in [2.24, 2.45) is 0 Å². The summed E-state index contributed by atoms with van der Waals surface area (Å²) in [5.41, 5.74) is 4.29. The number of rotatable bonds is 6. The number of ether oxygens (including phenoxy) is 1. The number of benzene rings is 1. The predicted molar refractivity (Wildman–Crippen MR) is 84.2 cm³/mol. The van der Waals surface area contributed by atoms with Crippen molar-refractivity contribution in [2.45, 2.75) is 18.1 Å². The molecule has 2 rings (SSSR count). The first-order valence-electron chi connectivity index (χ1n) is 6.43. The Kier molecular flexibility index (Phi) is 5.17. The standard InChI is InChI=1S/C14H16N2O4S2/c1-10-5-6-12(8-11(10)2)20-9-13(17)15-16-22(18,19)14-4-3-7-21-14/h3-8,16H,9H2,1-2H3,(H,15,17). The van der Waals surface area contributed by atoms with Crippen LogP contribution < -0.4 is 15.0 Å². The molecule has 2 N–H and O–H groups in total. The van der Waals surface area contributed by atoms with Crippen LogP contribution in [0.5, 0.6) is 5.75 Å². The van der Waals surface area contributed by atoms with E-state index in [1.54, 1.807) is 17.5 Å². The number of hydrogen-bond donors (Lipinski definition) is 2. The molecular formula is C14H16N2O4S2. The Labute approximate surface area is 133 Å². The average molecular weight is 340 g/mol. The van der Waals surface area contributed by atoms with Gasteiger partial charge in [0.25, 0.3) is 15.9 Å². The van der Waals surface area contributed by atoms with E-state index in [0.29, 0.717) is 5.75 Å². The monoisotopic (exact) mass is 340 g/mol. The highest BCUT2D eigenvalue weighted by atomic mass is 32.2. The van der Waals surface area contributed by atoms with Crippen LogP contribution in [0.25, 0.3) is 0 Å². The van der Waals surface area contributed by atoms with Gasteiger partial charge in [0.05, 0.1) is 0 Å². The van der Waals surface area contributed by atoms with Gasteiger partial charge < -0.3 is 4.74 Å². The molecule has 0 aliphatic heterocycles. The summed E-state index contributed by atoms with van der Waals surface area (Å²) >= 11 is 1.06. The quantitative estimate of drug-likeness (QED) is 0.785. The third kappa shape index (κ3) is 4.30. The maximum Gasteiger partial charge on any atom is 0.272 e. The van der Waals surface area contributed by atoms with E-state index in [-0.39, 0.29) is 10.8 Å². The van der Waals surface area contributed by atoms with Crippen LogP contribution in [0.4, 0.5) is 0 Å². The molecule has 0 saturated carbocycles. The van der Waals surface area contributed by atoms with Gasteiger partial charge in [-0.05, 0) is 48.6 Å². The molecule has 1 amide bonds. The van der Waals surface area contributed by atoms with E-state index in [1.165, 1.54) is 6.07 Å². The largest absolute Gasteiger partial charge is 0.484 e. The van der Waals surface area contributed by atoms with Crippen molar-refractivity contribution in [1.29, 1.82) is 0 Å². The number of carbonyl (C=O) groups is 1. The van der Waals surface area contributed by atoms with Crippen LogP contribution in [0.1, 0.15) is 11.1 Å². The van der Waals surface area contributed by atoms with E-state index >= 15 is 0 Å². The Morgan fingerprint density at radius 3 is 2.64 bits per heavy atom. The number of nitrogens with one attached hydrogen (secondary N) is 2. The summed E-state index contributed by atoms with van der Waals surface area (Å²) < 4.78 is 29.0. The Bertz CT molecular complexity index is 755. The molecule has 0 unspecified atom stereocenters. The summed E-state index contributed by atoms with van der Waals surface area (Å²) in [5, 5.41) is 1.64. The molecule has 0 saturated heterocycles. The number of aryl methyl sites for hydroxylation is 2. The highest BCUT2D eigenvalue weighted by Crippen LogP contribution is 2.16. The molecule has 1 aromatic heterocycles. The molecule has 8 heteroatoms. The summed E-state index contributed by atoms with van der Waals surface area (Å²) in [6, 6.07) is 8.53. The SMILES string of the molecule is Cc1ccc(OCC(=O)NNS(=O)(=O)c2cccs2)cc1C. The second-order valence-electron chi connectivity index (χ2n) is 4.62. The molecule has 0 aliphatic rings. The minimum absolute atomic E-state index is 0.128. The summed E-state index contributed by atoms with van der Waals surface area (Å²) in [4.78, 5) is 13.6. The molecule has 0 fully saturated rings. The van der Waals surface area contributed by atoms with E-state index in [4.69, 9.17) is 4.74 Å². The molecule has 6 nitrogen and oxygen atoms in total. The summed E-state index contributed by atoms with van der Waals surface area (Å²) in [7, 11) is -3.73. The van der Waals surface area contributed by atoms with Crippen LogP contribution in [0.3, 0.4) is 0 Å². The average Bonchev–Trinajstić information content (AvgIpc) is 3.01. The summed E-state index contributed by atoms with van der Waals surface area (Å²) in [5.74, 6) is -0.0299. The van der Waals surface area contributed by atoms with Crippen LogP contribution in [0.15, 0.2) is 39.9 Å². The van der Waals surface area contributed by atoms with Gasteiger partial charge in [-0.3, -0.25) is 10.2 Å². The molecule has 2 aromatic rings. The normalized spacial score (nSPS) is 11.2. The molecule has 0 bridgehead atoms. The van der Waals surface area contributed by atoms with Crippen LogP contribution in [0, 0.1) is 13.8 Å². The van der Waals surface area contributed by atoms with Gasteiger partial charge in [0.15, 0.2) is 6.61 Å². The van der Waals surface area contributed by atoms with Crippen LogP contribution in [-0.4, -0.2) is 20.9 Å². The lowest BCUT2D eigenvalue weighted by Gasteiger charge is -2.09. The lowest BCUT2D eigenvalue weighted by atomic mass is 10.1. The van der Waals surface area contributed by atoms with Crippen LogP contribution in [0.2, 0.25) is 0 Å². The Morgan fingerprint density at radius 1 is 1.23 bits per heavy atom. The highest BCUT2D eigenvalue weighted by Gasteiger charge is 2.16. The minimum atomic E-state index is -3.73. The topological polar surface area (TPSA) is 84.5 Å².